The minimum Gasteiger partial charge on any atom is -0.468 e. The lowest BCUT2D eigenvalue weighted by Crippen LogP contribution is -2.09. The highest BCUT2D eigenvalue weighted by atomic mass is 33.1. The van der Waals surface area contributed by atoms with Gasteiger partial charge >= 0.3 is 0 Å². The maximum absolute atomic E-state index is 11.3. The van der Waals surface area contributed by atoms with Gasteiger partial charge < -0.3 is 4.42 Å². The summed E-state index contributed by atoms with van der Waals surface area (Å²) in [6, 6.07) is 1.93. The minimum absolute atomic E-state index is 0.0549. The number of Topliss-reactive ketones (excluding diaryl/α,β-unsaturated/α-hetero) is 1. The molecule has 1 heterocycles. The minimum atomic E-state index is 0.0549. The van der Waals surface area contributed by atoms with Crippen molar-refractivity contribution in [2.75, 3.05) is 0 Å². The molecule has 0 N–H and O–H groups in total. The Morgan fingerprint density at radius 3 is 2.86 bits per heavy atom. The monoisotopic (exact) mass is 230 g/mol. The van der Waals surface area contributed by atoms with E-state index in [9.17, 15) is 4.79 Å². The number of carbonyl (C=O) groups excluding carboxylic acids is 1. The van der Waals surface area contributed by atoms with Gasteiger partial charge in [0.05, 0.1) is 16.4 Å². The molecule has 0 aliphatic carbocycles. The molecule has 1 unspecified atom stereocenters. The van der Waals surface area contributed by atoms with E-state index in [1.807, 2.05) is 26.8 Å². The SMILES string of the molecule is CCC(=O)C(C)SSc1ccoc1C. The van der Waals surface area contributed by atoms with Gasteiger partial charge in [-0.25, -0.2) is 0 Å². The van der Waals surface area contributed by atoms with E-state index in [-0.39, 0.29) is 5.25 Å². The van der Waals surface area contributed by atoms with Gasteiger partial charge in [-0.2, -0.15) is 0 Å². The molecule has 1 aromatic rings. The second-order valence-corrected chi connectivity index (χ2v) is 5.57. The molecule has 0 bridgehead atoms. The number of aryl methyl sites for hydroxylation is 1. The van der Waals surface area contributed by atoms with Crippen molar-refractivity contribution >= 4 is 27.4 Å². The summed E-state index contributed by atoms with van der Waals surface area (Å²) in [5.41, 5.74) is 0. The van der Waals surface area contributed by atoms with E-state index in [1.54, 1.807) is 27.9 Å². The first kappa shape index (κ1) is 11.7. The number of furan rings is 1. The summed E-state index contributed by atoms with van der Waals surface area (Å²) in [5, 5.41) is 0.0549. The first-order chi connectivity index (χ1) is 6.65. The highest BCUT2D eigenvalue weighted by molar-refractivity contribution is 8.77. The molecule has 0 aliphatic heterocycles. The molecular weight excluding hydrogens is 216 g/mol. The fourth-order valence-electron chi connectivity index (χ4n) is 0.925. The van der Waals surface area contributed by atoms with Crippen molar-refractivity contribution in [1.29, 1.82) is 0 Å². The topological polar surface area (TPSA) is 30.2 Å². The number of rotatable bonds is 5. The average molecular weight is 230 g/mol. The molecule has 78 valence electrons. The summed E-state index contributed by atoms with van der Waals surface area (Å²) in [7, 11) is 3.20. The van der Waals surface area contributed by atoms with E-state index < -0.39 is 0 Å². The van der Waals surface area contributed by atoms with Gasteiger partial charge in [0.15, 0.2) is 0 Å². The maximum atomic E-state index is 11.3. The summed E-state index contributed by atoms with van der Waals surface area (Å²) in [5.74, 6) is 1.21. The van der Waals surface area contributed by atoms with Crippen molar-refractivity contribution in [3.63, 3.8) is 0 Å². The molecule has 0 aliphatic rings. The van der Waals surface area contributed by atoms with Crippen LogP contribution in [0.15, 0.2) is 21.6 Å². The van der Waals surface area contributed by atoms with Crippen LogP contribution in [-0.4, -0.2) is 11.0 Å². The first-order valence-corrected chi connectivity index (χ1v) is 6.76. The Morgan fingerprint density at radius 2 is 2.36 bits per heavy atom. The largest absolute Gasteiger partial charge is 0.468 e. The fraction of sp³-hybridized carbons (Fsp3) is 0.500. The molecule has 0 saturated heterocycles. The number of ketones is 1. The zero-order valence-electron chi connectivity index (χ0n) is 8.57. The smallest absolute Gasteiger partial charge is 0.146 e. The van der Waals surface area contributed by atoms with Gasteiger partial charge in [0, 0.05) is 6.42 Å². The number of carbonyl (C=O) groups is 1. The van der Waals surface area contributed by atoms with Crippen LogP contribution in [0.4, 0.5) is 0 Å². The number of hydrogen-bond acceptors (Lipinski definition) is 4. The van der Waals surface area contributed by atoms with E-state index in [0.29, 0.717) is 12.2 Å². The Labute approximate surface area is 92.2 Å². The Hall–Kier alpha value is -0.350. The number of hydrogen-bond donors (Lipinski definition) is 0. The lowest BCUT2D eigenvalue weighted by Gasteiger charge is -2.06. The van der Waals surface area contributed by atoms with Crippen LogP contribution < -0.4 is 0 Å². The van der Waals surface area contributed by atoms with E-state index in [2.05, 4.69) is 0 Å². The first-order valence-electron chi connectivity index (χ1n) is 4.55. The third kappa shape index (κ3) is 3.10. The molecule has 0 saturated carbocycles. The molecule has 0 amide bonds. The normalized spacial score (nSPS) is 12.8. The van der Waals surface area contributed by atoms with Gasteiger partial charge in [-0.3, -0.25) is 4.79 Å². The summed E-state index contributed by atoms with van der Waals surface area (Å²) in [4.78, 5) is 12.4. The van der Waals surface area contributed by atoms with Crippen LogP contribution in [0, 0.1) is 6.92 Å². The molecule has 0 radical (unpaired) electrons. The van der Waals surface area contributed by atoms with E-state index in [4.69, 9.17) is 4.42 Å². The lowest BCUT2D eigenvalue weighted by molar-refractivity contribution is -0.117. The third-order valence-electron chi connectivity index (χ3n) is 1.90. The molecular formula is C10H14O2S2. The van der Waals surface area contributed by atoms with E-state index >= 15 is 0 Å². The second-order valence-electron chi connectivity index (χ2n) is 2.98. The van der Waals surface area contributed by atoms with Crippen LogP contribution >= 0.6 is 21.6 Å². The van der Waals surface area contributed by atoms with Gasteiger partial charge in [0.1, 0.15) is 11.5 Å². The molecule has 1 rings (SSSR count). The Balaban J connectivity index is 2.41. The van der Waals surface area contributed by atoms with Gasteiger partial charge in [0.25, 0.3) is 0 Å². The zero-order valence-corrected chi connectivity index (χ0v) is 10.2. The standard InChI is InChI=1S/C10H14O2S2/c1-4-9(11)8(3)13-14-10-5-6-12-7(10)2/h5-6,8H,4H2,1-3H3. The average Bonchev–Trinajstić information content (AvgIpc) is 2.59. The summed E-state index contributed by atoms with van der Waals surface area (Å²) < 4.78 is 5.16. The molecule has 2 nitrogen and oxygen atoms in total. The molecule has 14 heavy (non-hydrogen) atoms. The van der Waals surface area contributed by atoms with Crippen molar-refractivity contribution in [2.45, 2.75) is 37.3 Å². The lowest BCUT2D eigenvalue weighted by atomic mass is 10.2. The zero-order chi connectivity index (χ0) is 10.6. The Morgan fingerprint density at radius 1 is 1.64 bits per heavy atom. The molecule has 0 spiro atoms. The predicted molar refractivity (Wildman–Crippen MR) is 61.7 cm³/mol. The van der Waals surface area contributed by atoms with Crippen LogP contribution in [0.1, 0.15) is 26.0 Å². The van der Waals surface area contributed by atoms with Gasteiger partial charge in [-0.1, -0.05) is 28.5 Å². The third-order valence-corrected chi connectivity index (χ3v) is 4.84. The molecule has 4 heteroatoms. The van der Waals surface area contributed by atoms with Crippen LogP contribution in [0.2, 0.25) is 0 Å². The van der Waals surface area contributed by atoms with Crippen LogP contribution in [0.25, 0.3) is 0 Å². The van der Waals surface area contributed by atoms with Gasteiger partial charge in [0.2, 0.25) is 0 Å². The van der Waals surface area contributed by atoms with Crippen LogP contribution in [-0.2, 0) is 4.79 Å². The summed E-state index contributed by atoms with van der Waals surface area (Å²) in [6.45, 7) is 5.77. The fourth-order valence-corrected chi connectivity index (χ4v) is 3.31. The van der Waals surface area contributed by atoms with Crippen LogP contribution in [0.5, 0.6) is 0 Å². The van der Waals surface area contributed by atoms with Crippen LogP contribution in [0.3, 0.4) is 0 Å². The predicted octanol–water partition coefficient (Wildman–Crippen LogP) is 3.70. The summed E-state index contributed by atoms with van der Waals surface area (Å²) in [6.07, 6.45) is 2.28. The molecule has 1 atom stereocenters. The Kier molecular flexibility index (Phi) is 4.62. The van der Waals surface area contributed by atoms with Gasteiger partial charge in [-0.05, 0) is 19.9 Å². The molecule has 1 aromatic heterocycles. The van der Waals surface area contributed by atoms with E-state index in [1.165, 1.54) is 0 Å². The van der Waals surface area contributed by atoms with E-state index in [0.717, 1.165) is 10.7 Å². The maximum Gasteiger partial charge on any atom is 0.146 e. The van der Waals surface area contributed by atoms with Crippen molar-refractivity contribution in [3.05, 3.63) is 18.1 Å². The van der Waals surface area contributed by atoms with Gasteiger partial charge in [-0.15, -0.1) is 0 Å². The van der Waals surface area contributed by atoms with Crippen molar-refractivity contribution < 1.29 is 9.21 Å². The highest BCUT2D eigenvalue weighted by Gasteiger charge is 2.13. The van der Waals surface area contributed by atoms with Crippen molar-refractivity contribution in [1.82, 2.24) is 0 Å². The van der Waals surface area contributed by atoms with Crippen molar-refractivity contribution in [2.24, 2.45) is 0 Å². The quantitative estimate of drug-likeness (QED) is 0.722. The second kappa shape index (κ2) is 5.51. The highest BCUT2D eigenvalue weighted by Crippen LogP contribution is 2.37. The molecule has 0 fully saturated rings. The molecule has 0 aromatic carbocycles. The summed E-state index contributed by atoms with van der Waals surface area (Å²) >= 11 is 0. The Bertz CT molecular complexity index is 307. The van der Waals surface area contributed by atoms with Crippen molar-refractivity contribution in [3.8, 4) is 0 Å².